The van der Waals surface area contributed by atoms with E-state index < -0.39 is 0 Å². The van der Waals surface area contributed by atoms with Gasteiger partial charge in [0.1, 0.15) is 5.82 Å². The van der Waals surface area contributed by atoms with Gasteiger partial charge in [0.2, 0.25) is 0 Å². The zero-order valence-electron chi connectivity index (χ0n) is 11.0. The second-order valence-corrected chi connectivity index (χ2v) is 5.57. The van der Waals surface area contributed by atoms with E-state index in [0.717, 1.165) is 11.5 Å². The number of hydrogen-bond donors (Lipinski definition) is 1. The van der Waals surface area contributed by atoms with Gasteiger partial charge in [-0.25, -0.2) is 4.98 Å². The van der Waals surface area contributed by atoms with E-state index in [9.17, 15) is 4.79 Å². The molecule has 5 heteroatoms. The minimum atomic E-state index is 0.0267. The second kappa shape index (κ2) is 6.18. The molecule has 0 amide bonds. The van der Waals surface area contributed by atoms with Crippen molar-refractivity contribution in [3.8, 4) is 0 Å². The largest absolute Gasteiger partial charge is 0.383 e. The molecule has 100 valence electrons. The molecule has 0 aliphatic heterocycles. The van der Waals surface area contributed by atoms with Crippen LogP contribution < -0.4 is 10.9 Å². The average molecular weight is 369 g/mol. The highest BCUT2D eigenvalue weighted by atomic mass is 127. The van der Waals surface area contributed by atoms with E-state index >= 15 is 0 Å². The Morgan fingerprint density at radius 3 is 2.63 bits per heavy atom. The van der Waals surface area contributed by atoms with Crippen LogP contribution in [0, 0.1) is 17.4 Å². The van der Waals surface area contributed by atoms with Gasteiger partial charge >= 0.3 is 0 Å². The molecule has 0 aliphatic carbocycles. The third-order valence-electron chi connectivity index (χ3n) is 2.92. The number of anilines is 1. The maximum Gasteiger partial charge on any atom is 0.266 e. The molecule has 19 heavy (non-hydrogen) atoms. The van der Waals surface area contributed by atoms with Crippen LogP contribution in [0.25, 0.3) is 0 Å². The number of aromatic nitrogens is 2. The summed E-state index contributed by atoms with van der Waals surface area (Å²) in [6.07, 6.45) is 1.61. The lowest BCUT2D eigenvalue weighted by molar-refractivity contribution is 0.648. The van der Waals surface area contributed by atoms with Gasteiger partial charge in [0.05, 0.1) is 3.57 Å². The van der Waals surface area contributed by atoms with Crippen molar-refractivity contribution in [2.75, 3.05) is 11.9 Å². The highest BCUT2D eigenvalue weighted by molar-refractivity contribution is 14.1. The van der Waals surface area contributed by atoms with Crippen molar-refractivity contribution in [2.24, 2.45) is 0 Å². The molecule has 0 bridgehead atoms. The van der Waals surface area contributed by atoms with Crippen LogP contribution >= 0.6 is 22.6 Å². The minimum Gasteiger partial charge on any atom is -0.383 e. The second-order valence-electron chi connectivity index (χ2n) is 4.40. The molecule has 1 N–H and O–H groups in total. The molecule has 2 aromatic rings. The number of nitrogens with one attached hydrogen (secondary N) is 1. The van der Waals surface area contributed by atoms with Gasteiger partial charge < -0.3 is 5.32 Å². The van der Waals surface area contributed by atoms with Crippen LogP contribution in [0.5, 0.6) is 0 Å². The fourth-order valence-corrected chi connectivity index (χ4v) is 2.23. The summed E-state index contributed by atoms with van der Waals surface area (Å²) in [5, 5.41) is 3.30. The van der Waals surface area contributed by atoms with Crippen LogP contribution in [0.3, 0.4) is 0 Å². The van der Waals surface area contributed by atoms with Crippen LogP contribution in [-0.2, 0) is 6.54 Å². The lowest BCUT2D eigenvalue weighted by Crippen LogP contribution is -2.28. The Hall–Kier alpha value is -1.37. The summed E-state index contributed by atoms with van der Waals surface area (Å²) in [6.45, 7) is 5.22. The van der Waals surface area contributed by atoms with Crippen LogP contribution in [-0.4, -0.2) is 16.1 Å². The number of benzene rings is 1. The molecule has 0 aliphatic rings. The molecule has 1 aromatic carbocycles. The third-order valence-corrected chi connectivity index (χ3v) is 3.66. The fraction of sp³-hybridized carbons (Fsp3) is 0.286. The van der Waals surface area contributed by atoms with Gasteiger partial charge in [-0.15, -0.1) is 0 Å². The van der Waals surface area contributed by atoms with E-state index in [4.69, 9.17) is 0 Å². The van der Waals surface area contributed by atoms with Crippen molar-refractivity contribution >= 4 is 28.3 Å². The first-order valence-corrected chi connectivity index (χ1v) is 7.18. The molecule has 4 nitrogen and oxygen atoms in total. The Balaban J connectivity index is 2.02. The summed E-state index contributed by atoms with van der Waals surface area (Å²) in [7, 11) is 0. The average Bonchev–Trinajstić information content (AvgIpc) is 2.40. The Labute approximate surface area is 126 Å². The van der Waals surface area contributed by atoms with E-state index in [1.54, 1.807) is 10.8 Å². The topological polar surface area (TPSA) is 46.9 Å². The highest BCUT2D eigenvalue weighted by Gasteiger charge is 2.04. The zero-order valence-corrected chi connectivity index (χ0v) is 13.1. The summed E-state index contributed by atoms with van der Waals surface area (Å²) in [5.41, 5.74) is 2.33. The maximum absolute atomic E-state index is 12.0. The molecule has 0 saturated carbocycles. The Bertz CT molecular complexity index is 620. The van der Waals surface area contributed by atoms with Gasteiger partial charge in [-0.3, -0.25) is 9.36 Å². The zero-order chi connectivity index (χ0) is 13.8. The van der Waals surface area contributed by atoms with Gasteiger partial charge in [0.15, 0.2) is 0 Å². The van der Waals surface area contributed by atoms with Crippen molar-refractivity contribution in [1.82, 2.24) is 9.55 Å². The molecule has 0 unspecified atom stereocenters. The molecule has 0 spiro atoms. The van der Waals surface area contributed by atoms with Gasteiger partial charge in [-0.1, -0.05) is 17.7 Å². The van der Waals surface area contributed by atoms with Crippen LogP contribution in [0.15, 0.2) is 35.3 Å². The molecule has 2 rings (SSSR count). The summed E-state index contributed by atoms with van der Waals surface area (Å²) in [5.74, 6) is 0.746. The molecule has 0 saturated heterocycles. The molecular weight excluding hydrogens is 353 g/mol. The molecule has 0 radical (unpaired) electrons. The summed E-state index contributed by atoms with van der Waals surface area (Å²) >= 11 is 2.02. The number of rotatable bonds is 4. The monoisotopic (exact) mass is 369 g/mol. The summed E-state index contributed by atoms with van der Waals surface area (Å²) < 4.78 is 2.35. The van der Waals surface area contributed by atoms with Crippen molar-refractivity contribution < 1.29 is 0 Å². The molecular formula is C14H16IN3O. The Morgan fingerprint density at radius 1 is 1.26 bits per heavy atom. The van der Waals surface area contributed by atoms with Gasteiger partial charge in [-0.2, -0.15) is 0 Å². The molecule has 1 aromatic heterocycles. The van der Waals surface area contributed by atoms with E-state index in [1.807, 2.05) is 41.6 Å². The molecule has 1 heterocycles. The third kappa shape index (κ3) is 3.56. The number of nitrogens with zero attached hydrogens (tertiary/aromatic N) is 2. The maximum atomic E-state index is 12.0. The normalized spacial score (nSPS) is 10.5. The first-order valence-electron chi connectivity index (χ1n) is 6.10. The Morgan fingerprint density at radius 2 is 1.95 bits per heavy atom. The Kier molecular flexibility index (Phi) is 4.57. The predicted octanol–water partition coefficient (Wildman–Crippen LogP) is 2.58. The van der Waals surface area contributed by atoms with E-state index in [1.165, 1.54) is 5.56 Å². The summed E-state index contributed by atoms with van der Waals surface area (Å²) in [6, 6.07) is 8.20. The van der Waals surface area contributed by atoms with Crippen molar-refractivity contribution in [3.63, 3.8) is 0 Å². The predicted molar refractivity (Wildman–Crippen MR) is 85.6 cm³/mol. The molecule has 0 fully saturated rings. The van der Waals surface area contributed by atoms with E-state index in [0.29, 0.717) is 16.7 Å². The van der Waals surface area contributed by atoms with Gasteiger partial charge in [-0.05, 0) is 48.6 Å². The van der Waals surface area contributed by atoms with Gasteiger partial charge in [0, 0.05) is 25.0 Å². The van der Waals surface area contributed by atoms with E-state index in [-0.39, 0.29) is 5.56 Å². The first-order chi connectivity index (χ1) is 9.08. The quantitative estimate of drug-likeness (QED) is 0.843. The van der Waals surface area contributed by atoms with Crippen LogP contribution in [0.1, 0.15) is 11.4 Å². The van der Waals surface area contributed by atoms with Crippen molar-refractivity contribution in [1.29, 1.82) is 0 Å². The lowest BCUT2D eigenvalue weighted by atomic mass is 10.2. The fourth-order valence-electron chi connectivity index (χ4n) is 1.80. The lowest BCUT2D eigenvalue weighted by Gasteiger charge is -2.11. The number of halogens is 1. The van der Waals surface area contributed by atoms with Crippen LogP contribution in [0.4, 0.5) is 5.69 Å². The van der Waals surface area contributed by atoms with Crippen molar-refractivity contribution in [3.05, 3.63) is 55.8 Å². The smallest absolute Gasteiger partial charge is 0.266 e. The van der Waals surface area contributed by atoms with Crippen molar-refractivity contribution in [2.45, 2.75) is 20.4 Å². The standard InChI is InChI=1S/C14H16IN3O/c1-10-3-5-12(6-4-10)16-7-8-18-11(2)17-9-13(15)14(18)19/h3-6,9,16H,7-8H2,1-2H3. The highest BCUT2D eigenvalue weighted by Crippen LogP contribution is 2.08. The summed E-state index contributed by atoms with van der Waals surface area (Å²) in [4.78, 5) is 16.2. The number of hydrogen-bond acceptors (Lipinski definition) is 3. The molecule has 0 atom stereocenters. The first kappa shape index (κ1) is 14.0. The SMILES string of the molecule is Cc1ccc(NCCn2c(C)ncc(I)c2=O)cc1. The van der Waals surface area contributed by atoms with Crippen LogP contribution in [0.2, 0.25) is 0 Å². The number of aryl methyl sites for hydroxylation is 2. The van der Waals surface area contributed by atoms with Gasteiger partial charge in [0.25, 0.3) is 5.56 Å². The minimum absolute atomic E-state index is 0.0267. The van der Waals surface area contributed by atoms with E-state index in [2.05, 4.69) is 29.4 Å².